The maximum Gasteiger partial charge on any atom is 0.338 e. The number of nitrogens with zero attached hydrogens (tertiary/aromatic N) is 5. The summed E-state index contributed by atoms with van der Waals surface area (Å²) in [4.78, 5) is 52.9. The zero-order valence-electron chi connectivity index (χ0n) is 25.2. The highest BCUT2D eigenvalue weighted by Gasteiger charge is 2.42. The molecular formula is C32H32ClFN6O5S. The number of carbonyl (C=O) groups is 3. The van der Waals surface area contributed by atoms with E-state index in [4.69, 9.17) is 21.3 Å². The van der Waals surface area contributed by atoms with Crippen molar-refractivity contribution in [3.8, 4) is 0 Å². The number of nitrogens with one attached hydrogen (secondary N) is 1. The predicted molar refractivity (Wildman–Crippen MR) is 172 cm³/mol. The molecule has 46 heavy (non-hydrogen) atoms. The van der Waals surface area contributed by atoms with Crippen LogP contribution in [0.1, 0.15) is 29.1 Å². The smallest absolute Gasteiger partial charge is 0.338 e. The van der Waals surface area contributed by atoms with Gasteiger partial charge in [-0.2, -0.15) is 0 Å². The Bertz CT molecular complexity index is 1720. The molecule has 11 nitrogen and oxygen atoms in total. The fraction of sp³-hybridized carbons (Fsp3) is 0.344. The van der Waals surface area contributed by atoms with Gasteiger partial charge in [0.25, 0.3) is 0 Å². The van der Waals surface area contributed by atoms with Crippen LogP contribution < -0.4 is 10.2 Å². The number of amidine groups is 1. The molecule has 2 fully saturated rings. The molecule has 0 saturated carbocycles. The highest BCUT2D eigenvalue weighted by molar-refractivity contribution is 7.11. The molecule has 3 aliphatic heterocycles. The first-order chi connectivity index (χ1) is 22.1. The van der Waals surface area contributed by atoms with Gasteiger partial charge in [-0.25, -0.2) is 19.0 Å². The van der Waals surface area contributed by atoms with Crippen molar-refractivity contribution in [2.24, 2.45) is 10.9 Å². The number of carboxylic acid groups (broad SMARTS) is 1. The van der Waals surface area contributed by atoms with Gasteiger partial charge >= 0.3 is 18.0 Å². The van der Waals surface area contributed by atoms with Crippen LogP contribution in [-0.2, 0) is 20.7 Å². The van der Waals surface area contributed by atoms with Crippen molar-refractivity contribution >= 4 is 52.4 Å². The lowest BCUT2D eigenvalue weighted by atomic mass is 9.95. The van der Waals surface area contributed by atoms with Crippen LogP contribution in [0.25, 0.3) is 0 Å². The molecule has 4 heterocycles. The quantitative estimate of drug-likeness (QED) is 0.323. The molecule has 0 bridgehead atoms. The molecule has 3 atom stereocenters. The summed E-state index contributed by atoms with van der Waals surface area (Å²) in [7, 11) is 1.30. The Kier molecular flexibility index (Phi) is 9.07. The number of halogens is 2. The Morgan fingerprint density at radius 3 is 2.65 bits per heavy atom. The lowest BCUT2D eigenvalue weighted by molar-refractivity contribution is -0.141. The zero-order chi connectivity index (χ0) is 32.5. The summed E-state index contributed by atoms with van der Waals surface area (Å²) in [6.45, 7) is 4.10. The predicted octanol–water partition coefficient (Wildman–Crippen LogP) is 4.34. The van der Waals surface area contributed by atoms with E-state index in [1.807, 2.05) is 34.5 Å². The van der Waals surface area contributed by atoms with Gasteiger partial charge in [0.15, 0.2) is 10.8 Å². The molecule has 0 radical (unpaired) electrons. The number of aliphatic imine (C=N–C) groups is 1. The first kappa shape index (κ1) is 31.6. The second-order valence-corrected chi connectivity index (χ2v) is 12.8. The minimum Gasteiger partial charge on any atom is -0.481 e. The van der Waals surface area contributed by atoms with Gasteiger partial charge in [-0.1, -0.05) is 36.7 Å². The third-order valence-electron chi connectivity index (χ3n) is 8.45. The molecule has 2 amide bonds. The molecule has 2 saturated heterocycles. The molecule has 0 unspecified atom stereocenters. The SMILES string of the molecule is COC(=O)C1=C(CN2CCN3C(=O)N(c4ccc(C[C@@H](C)C(=O)O)cc4)C[C@@H]3C2)NC(c2nccs2)=N[C@H]1c1ccc(F)cc1Cl. The monoisotopic (exact) mass is 666 g/mol. The van der Waals surface area contributed by atoms with Crippen molar-refractivity contribution in [3.05, 3.63) is 92.3 Å². The van der Waals surface area contributed by atoms with Crippen LogP contribution in [0.4, 0.5) is 14.9 Å². The summed E-state index contributed by atoms with van der Waals surface area (Å²) in [5.74, 6) is -1.97. The molecule has 0 spiro atoms. The van der Waals surface area contributed by atoms with Gasteiger partial charge < -0.3 is 20.1 Å². The number of rotatable bonds is 9. The first-order valence-corrected chi connectivity index (χ1v) is 16.0. The van der Waals surface area contributed by atoms with Gasteiger partial charge in [0.2, 0.25) is 0 Å². The van der Waals surface area contributed by atoms with Gasteiger partial charge in [0.05, 0.1) is 24.6 Å². The number of thiazole rings is 1. The molecule has 3 aliphatic rings. The third-order valence-corrected chi connectivity index (χ3v) is 9.56. The van der Waals surface area contributed by atoms with E-state index in [0.29, 0.717) is 61.2 Å². The van der Waals surface area contributed by atoms with E-state index in [0.717, 1.165) is 11.3 Å². The number of amides is 2. The summed E-state index contributed by atoms with van der Waals surface area (Å²) in [5.41, 5.74) is 2.94. The number of aliphatic carboxylic acids is 1. The van der Waals surface area contributed by atoms with Crippen molar-refractivity contribution in [1.82, 2.24) is 20.1 Å². The molecule has 2 N–H and O–H groups in total. The van der Waals surface area contributed by atoms with Crippen molar-refractivity contribution in [3.63, 3.8) is 0 Å². The average Bonchev–Trinajstić information content (AvgIpc) is 3.69. The minimum atomic E-state index is -0.859. The van der Waals surface area contributed by atoms with E-state index in [1.54, 1.807) is 18.0 Å². The van der Waals surface area contributed by atoms with Crippen LogP contribution >= 0.6 is 22.9 Å². The Morgan fingerprint density at radius 2 is 1.98 bits per heavy atom. The molecule has 14 heteroatoms. The maximum absolute atomic E-state index is 14.0. The van der Waals surface area contributed by atoms with E-state index < -0.39 is 29.7 Å². The van der Waals surface area contributed by atoms with Crippen LogP contribution in [0.2, 0.25) is 5.02 Å². The number of methoxy groups -OCH3 is 1. The molecule has 2 aromatic carbocycles. The van der Waals surface area contributed by atoms with Gasteiger partial charge in [0.1, 0.15) is 11.9 Å². The van der Waals surface area contributed by atoms with Gasteiger partial charge in [-0.3, -0.25) is 19.6 Å². The topological polar surface area (TPSA) is 128 Å². The number of benzene rings is 2. The standard InChI is InChI=1S/C32H32ClFN6O5S/c1-18(30(41)42)13-19-3-6-21(7-4-19)40-16-22-15-38(10-11-39(22)32(40)44)17-25-26(31(43)45-2)27(23-8-5-20(34)14-24(23)33)37-28(36-25)29-35-9-12-46-29/h3-9,12,14,18,22,27H,10-11,13,15-17H2,1-2H3,(H,36,37)(H,41,42)/t18-,22+,27+/m1/s1. The lowest BCUT2D eigenvalue weighted by Crippen LogP contribution is -2.53. The lowest BCUT2D eigenvalue weighted by Gasteiger charge is -2.38. The molecule has 6 rings (SSSR count). The molecule has 3 aromatic rings. The Labute approximate surface area is 273 Å². The van der Waals surface area contributed by atoms with E-state index in [2.05, 4.69) is 15.2 Å². The summed E-state index contributed by atoms with van der Waals surface area (Å²) in [6, 6.07) is 10.4. The zero-order valence-corrected chi connectivity index (χ0v) is 26.7. The number of urea groups is 1. The number of aromatic nitrogens is 1. The van der Waals surface area contributed by atoms with Crippen molar-refractivity contribution in [1.29, 1.82) is 0 Å². The summed E-state index contributed by atoms with van der Waals surface area (Å²) >= 11 is 7.86. The number of esters is 1. The second-order valence-electron chi connectivity index (χ2n) is 11.5. The van der Waals surface area contributed by atoms with Crippen LogP contribution in [0.3, 0.4) is 0 Å². The van der Waals surface area contributed by atoms with E-state index in [-0.39, 0.29) is 22.7 Å². The van der Waals surface area contributed by atoms with Crippen molar-refractivity contribution in [2.45, 2.75) is 25.4 Å². The number of fused-ring (bicyclic) bond motifs is 1. The Balaban J connectivity index is 1.24. The maximum atomic E-state index is 14.0. The summed E-state index contributed by atoms with van der Waals surface area (Å²) in [5, 5.41) is 15.1. The van der Waals surface area contributed by atoms with Crippen LogP contribution in [0.5, 0.6) is 0 Å². The summed E-state index contributed by atoms with van der Waals surface area (Å²) < 4.78 is 19.2. The van der Waals surface area contributed by atoms with Crippen molar-refractivity contribution in [2.75, 3.05) is 44.7 Å². The third kappa shape index (κ3) is 6.35. The fourth-order valence-electron chi connectivity index (χ4n) is 6.08. The number of ether oxygens (including phenoxy) is 1. The van der Waals surface area contributed by atoms with Crippen LogP contribution in [-0.4, -0.2) is 89.6 Å². The highest BCUT2D eigenvalue weighted by atomic mass is 35.5. The Hall–Kier alpha value is -4.33. The van der Waals surface area contributed by atoms with Crippen molar-refractivity contribution < 1.29 is 28.6 Å². The average molecular weight is 667 g/mol. The molecule has 1 aromatic heterocycles. The summed E-state index contributed by atoms with van der Waals surface area (Å²) in [6.07, 6.45) is 2.07. The highest BCUT2D eigenvalue weighted by Crippen LogP contribution is 2.37. The molecular weight excluding hydrogens is 635 g/mol. The number of piperazine rings is 1. The molecule has 0 aliphatic carbocycles. The number of hydrogen-bond donors (Lipinski definition) is 2. The largest absolute Gasteiger partial charge is 0.481 e. The second kappa shape index (κ2) is 13.2. The van der Waals surface area contributed by atoms with E-state index in [9.17, 15) is 23.9 Å². The van der Waals surface area contributed by atoms with E-state index in [1.165, 1.54) is 36.6 Å². The van der Waals surface area contributed by atoms with Gasteiger partial charge in [-0.05, 0) is 36.2 Å². The van der Waals surface area contributed by atoms with Crippen LogP contribution in [0.15, 0.2) is 70.3 Å². The van der Waals surface area contributed by atoms with E-state index >= 15 is 0 Å². The first-order valence-electron chi connectivity index (χ1n) is 14.8. The fourth-order valence-corrected chi connectivity index (χ4v) is 6.93. The normalized spacial score (nSPS) is 20.7. The Morgan fingerprint density at radius 1 is 1.20 bits per heavy atom. The number of carboxylic acids is 1. The van der Waals surface area contributed by atoms with Gasteiger partial charge in [-0.15, -0.1) is 11.3 Å². The van der Waals surface area contributed by atoms with Crippen LogP contribution in [0, 0.1) is 11.7 Å². The van der Waals surface area contributed by atoms with Gasteiger partial charge in [0, 0.05) is 66.3 Å². The number of hydrogen-bond acceptors (Lipinski definition) is 9. The number of anilines is 1. The molecule has 240 valence electrons. The minimum absolute atomic E-state index is 0.0780. The number of carbonyl (C=O) groups excluding carboxylic acids is 2.